The molecule has 0 fully saturated rings. The van der Waals surface area contributed by atoms with Gasteiger partial charge in [0.25, 0.3) is 0 Å². The van der Waals surface area contributed by atoms with Crippen molar-refractivity contribution in [2.45, 2.75) is 51.4 Å². The van der Waals surface area contributed by atoms with Crippen LogP contribution in [0.3, 0.4) is 0 Å². The number of amides is 2. The van der Waals surface area contributed by atoms with Gasteiger partial charge in [-0.15, -0.1) is 12.3 Å². The SMILES string of the molecule is C#CCCCCCCCCCNC(=O)Oc1cccc(-c2cccc(C(N)=O)c2)c1. The van der Waals surface area contributed by atoms with Crippen LogP contribution in [0.25, 0.3) is 11.1 Å². The number of carbonyl (C=O) groups excluding carboxylic acids is 2. The van der Waals surface area contributed by atoms with Gasteiger partial charge in [0.05, 0.1) is 0 Å². The van der Waals surface area contributed by atoms with Crippen LogP contribution in [0.4, 0.5) is 4.79 Å². The van der Waals surface area contributed by atoms with E-state index in [4.69, 9.17) is 16.9 Å². The molecule has 0 unspecified atom stereocenters. The van der Waals surface area contributed by atoms with Gasteiger partial charge in [-0.1, -0.05) is 56.4 Å². The van der Waals surface area contributed by atoms with Crippen LogP contribution in [0.5, 0.6) is 5.75 Å². The summed E-state index contributed by atoms with van der Waals surface area (Å²) >= 11 is 0. The molecular weight excluding hydrogens is 376 g/mol. The molecule has 0 saturated carbocycles. The Balaban J connectivity index is 1.71. The number of nitrogens with one attached hydrogen (secondary N) is 1. The smallest absolute Gasteiger partial charge is 0.410 e. The van der Waals surface area contributed by atoms with Crippen LogP contribution >= 0.6 is 0 Å². The number of nitrogens with two attached hydrogens (primary N) is 1. The minimum Gasteiger partial charge on any atom is -0.410 e. The standard InChI is InChI=1S/C25H30N2O3/c1-2-3-4-5-6-7-8-9-10-17-27-25(29)30-23-16-12-14-21(19-23)20-13-11-15-22(18-20)24(26)28/h1,11-16,18-19H,3-10,17H2,(H2,26,28)(H,27,29). The molecular formula is C25H30N2O3. The molecule has 2 aromatic carbocycles. The van der Waals surface area contributed by atoms with Gasteiger partial charge in [-0.05, 0) is 48.2 Å². The maximum Gasteiger partial charge on any atom is 0.412 e. The van der Waals surface area contributed by atoms with E-state index in [2.05, 4.69) is 11.2 Å². The van der Waals surface area contributed by atoms with Crippen molar-refractivity contribution in [1.29, 1.82) is 0 Å². The number of primary amides is 1. The zero-order valence-electron chi connectivity index (χ0n) is 17.4. The van der Waals surface area contributed by atoms with Crippen LogP contribution in [-0.2, 0) is 0 Å². The summed E-state index contributed by atoms with van der Waals surface area (Å²) < 4.78 is 5.38. The molecule has 2 rings (SSSR count). The molecule has 5 heteroatoms. The average molecular weight is 407 g/mol. The van der Waals surface area contributed by atoms with Gasteiger partial charge in [0.2, 0.25) is 5.91 Å². The Morgan fingerprint density at radius 1 is 0.900 bits per heavy atom. The van der Waals surface area contributed by atoms with Gasteiger partial charge >= 0.3 is 6.09 Å². The van der Waals surface area contributed by atoms with E-state index in [1.165, 1.54) is 25.7 Å². The first-order chi connectivity index (χ1) is 14.6. The summed E-state index contributed by atoms with van der Waals surface area (Å²) in [4.78, 5) is 23.4. The lowest BCUT2D eigenvalue weighted by Gasteiger charge is -2.09. The largest absolute Gasteiger partial charge is 0.412 e. The van der Waals surface area contributed by atoms with E-state index in [-0.39, 0.29) is 0 Å². The van der Waals surface area contributed by atoms with Crippen LogP contribution in [0.15, 0.2) is 48.5 Å². The Kier molecular flexibility index (Phi) is 10.0. The second-order valence-electron chi connectivity index (χ2n) is 7.22. The highest BCUT2D eigenvalue weighted by Crippen LogP contribution is 2.24. The van der Waals surface area contributed by atoms with E-state index in [9.17, 15) is 9.59 Å². The molecule has 0 bridgehead atoms. The fourth-order valence-electron chi connectivity index (χ4n) is 3.16. The number of rotatable bonds is 12. The normalized spacial score (nSPS) is 10.2. The quantitative estimate of drug-likeness (QED) is 0.371. The molecule has 0 heterocycles. The molecule has 30 heavy (non-hydrogen) atoms. The highest BCUT2D eigenvalue weighted by atomic mass is 16.6. The maximum atomic E-state index is 12.0. The summed E-state index contributed by atoms with van der Waals surface area (Å²) in [6.07, 6.45) is 13.6. The minimum atomic E-state index is -0.479. The first kappa shape index (κ1) is 23.0. The Labute approximate surface area is 179 Å². The molecule has 3 N–H and O–H groups in total. The van der Waals surface area contributed by atoms with Crippen LogP contribution in [0.2, 0.25) is 0 Å². The minimum absolute atomic E-state index is 0.434. The lowest BCUT2D eigenvalue weighted by Crippen LogP contribution is -2.27. The first-order valence-corrected chi connectivity index (χ1v) is 10.5. The summed E-state index contributed by atoms with van der Waals surface area (Å²) in [5, 5.41) is 2.79. The van der Waals surface area contributed by atoms with E-state index in [1.54, 1.807) is 36.4 Å². The highest BCUT2D eigenvalue weighted by molar-refractivity contribution is 5.94. The molecule has 0 aliphatic rings. The van der Waals surface area contributed by atoms with Crippen molar-refractivity contribution < 1.29 is 14.3 Å². The zero-order chi connectivity index (χ0) is 21.6. The number of carbonyl (C=O) groups is 2. The highest BCUT2D eigenvalue weighted by Gasteiger charge is 2.07. The van der Waals surface area contributed by atoms with Crippen molar-refractivity contribution >= 4 is 12.0 Å². The van der Waals surface area contributed by atoms with Crippen LogP contribution in [-0.4, -0.2) is 18.5 Å². The van der Waals surface area contributed by atoms with E-state index >= 15 is 0 Å². The molecule has 0 aromatic heterocycles. The number of benzene rings is 2. The topological polar surface area (TPSA) is 81.4 Å². The lowest BCUT2D eigenvalue weighted by atomic mass is 10.0. The van der Waals surface area contributed by atoms with Crippen LogP contribution < -0.4 is 15.8 Å². The molecule has 2 amide bonds. The van der Waals surface area contributed by atoms with Crippen LogP contribution in [0.1, 0.15) is 61.7 Å². The van der Waals surface area contributed by atoms with E-state index in [1.807, 2.05) is 12.1 Å². The summed E-state index contributed by atoms with van der Waals surface area (Å²) in [5.74, 6) is 2.63. The molecule has 0 spiro atoms. The monoisotopic (exact) mass is 406 g/mol. The van der Waals surface area contributed by atoms with Gasteiger partial charge in [0.15, 0.2) is 0 Å². The third kappa shape index (κ3) is 8.40. The summed E-state index contributed by atoms with van der Waals surface area (Å²) in [7, 11) is 0. The molecule has 2 aromatic rings. The number of hydrogen-bond acceptors (Lipinski definition) is 3. The van der Waals surface area contributed by atoms with Crippen molar-refractivity contribution in [2.24, 2.45) is 5.73 Å². The van der Waals surface area contributed by atoms with Gasteiger partial charge in [-0.3, -0.25) is 4.79 Å². The number of ether oxygens (including phenoxy) is 1. The number of hydrogen-bond donors (Lipinski definition) is 2. The fraction of sp³-hybridized carbons (Fsp3) is 0.360. The third-order valence-corrected chi connectivity index (χ3v) is 4.79. The summed E-state index contributed by atoms with van der Waals surface area (Å²) in [6.45, 7) is 0.594. The Morgan fingerprint density at radius 3 is 2.23 bits per heavy atom. The van der Waals surface area contributed by atoms with Crippen LogP contribution in [0, 0.1) is 12.3 Å². The Bertz CT molecular complexity index is 871. The third-order valence-electron chi connectivity index (χ3n) is 4.79. The second-order valence-corrected chi connectivity index (χ2v) is 7.22. The van der Waals surface area contributed by atoms with E-state index in [0.29, 0.717) is 17.9 Å². The molecule has 158 valence electrons. The van der Waals surface area contributed by atoms with Gasteiger partial charge in [-0.25, -0.2) is 4.79 Å². The van der Waals surface area contributed by atoms with Crippen molar-refractivity contribution in [3.63, 3.8) is 0 Å². The lowest BCUT2D eigenvalue weighted by molar-refractivity contribution is 0.1000. The molecule has 5 nitrogen and oxygen atoms in total. The van der Waals surface area contributed by atoms with Gasteiger partial charge in [0.1, 0.15) is 5.75 Å². The fourth-order valence-corrected chi connectivity index (χ4v) is 3.16. The zero-order valence-corrected chi connectivity index (χ0v) is 17.4. The Hall–Kier alpha value is -3.26. The van der Waals surface area contributed by atoms with E-state index < -0.39 is 12.0 Å². The van der Waals surface area contributed by atoms with E-state index in [0.717, 1.165) is 36.8 Å². The molecule has 0 aliphatic carbocycles. The molecule has 0 radical (unpaired) electrons. The maximum absolute atomic E-state index is 12.0. The van der Waals surface area contributed by atoms with Gasteiger partial charge < -0.3 is 15.8 Å². The predicted molar refractivity (Wildman–Crippen MR) is 120 cm³/mol. The number of terminal acetylenes is 1. The first-order valence-electron chi connectivity index (χ1n) is 10.5. The van der Waals surface area contributed by atoms with Gasteiger partial charge in [0, 0.05) is 18.5 Å². The number of unbranched alkanes of at least 4 members (excludes halogenated alkanes) is 7. The van der Waals surface area contributed by atoms with Crippen molar-refractivity contribution in [2.75, 3.05) is 6.54 Å². The van der Waals surface area contributed by atoms with Crippen molar-refractivity contribution in [3.8, 4) is 29.2 Å². The summed E-state index contributed by atoms with van der Waals surface area (Å²) in [6, 6.07) is 14.2. The molecule has 0 aliphatic heterocycles. The molecule has 0 atom stereocenters. The predicted octanol–water partition coefficient (Wildman–Crippen LogP) is 5.29. The van der Waals surface area contributed by atoms with Crippen molar-refractivity contribution in [3.05, 3.63) is 54.1 Å². The average Bonchev–Trinajstić information content (AvgIpc) is 2.75. The second kappa shape index (κ2) is 13.1. The van der Waals surface area contributed by atoms with Gasteiger partial charge in [-0.2, -0.15) is 0 Å². The summed E-state index contributed by atoms with van der Waals surface area (Å²) in [5.41, 5.74) is 7.45. The molecule has 0 saturated heterocycles. The van der Waals surface area contributed by atoms with Crippen molar-refractivity contribution in [1.82, 2.24) is 5.32 Å². The Morgan fingerprint density at radius 2 is 1.53 bits per heavy atom.